The standard InChI is InChI=1S/C17H22N4O3/c1-2-12-6-3-4-8-19(12)15(22)11-21-16(23)13(10-18)14-7-5-9-20(14)17(21)24/h12H,2-9,11H2,1H3/t12-/m0/s1. The molecule has 0 aromatic carbocycles. The van der Waals surface area contributed by atoms with Gasteiger partial charge < -0.3 is 4.90 Å². The highest BCUT2D eigenvalue weighted by Crippen LogP contribution is 2.20. The van der Waals surface area contributed by atoms with Gasteiger partial charge in [-0.1, -0.05) is 6.92 Å². The number of fused-ring (bicyclic) bond motifs is 1. The lowest BCUT2D eigenvalue weighted by Gasteiger charge is -2.35. The first-order chi connectivity index (χ1) is 11.6. The van der Waals surface area contributed by atoms with Gasteiger partial charge in [-0.05, 0) is 38.5 Å². The molecule has 1 atom stereocenters. The molecule has 1 aromatic rings. The number of amides is 1. The lowest BCUT2D eigenvalue weighted by atomic mass is 10.00. The second-order valence-electron chi connectivity index (χ2n) is 6.51. The number of rotatable bonds is 3. The van der Waals surface area contributed by atoms with E-state index in [4.69, 9.17) is 0 Å². The van der Waals surface area contributed by atoms with Crippen molar-refractivity contribution < 1.29 is 4.79 Å². The molecule has 7 heteroatoms. The summed E-state index contributed by atoms with van der Waals surface area (Å²) in [5.74, 6) is -0.205. The highest BCUT2D eigenvalue weighted by Gasteiger charge is 2.28. The number of nitrogens with zero attached hydrogens (tertiary/aromatic N) is 4. The van der Waals surface area contributed by atoms with Gasteiger partial charge >= 0.3 is 5.69 Å². The number of carbonyl (C=O) groups is 1. The van der Waals surface area contributed by atoms with Crippen LogP contribution in [-0.2, 0) is 24.3 Å². The Bertz CT molecular complexity index is 815. The first-order valence-electron chi connectivity index (χ1n) is 8.64. The molecule has 0 spiro atoms. The van der Waals surface area contributed by atoms with Gasteiger partial charge in [0.05, 0.1) is 0 Å². The number of hydrogen-bond acceptors (Lipinski definition) is 4. The van der Waals surface area contributed by atoms with Crippen molar-refractivity contribution in [3.63, 3.8) is 0 Å². The molecule has 0 saturated carbocycles. The Kier molecular flexibility index (Phi) is 4.56. The van der Waals surface area contributed by atoms with Crippen LogP contribution in [0.3, 0.4) is 0 Å². The van der Waals surface area contributed by atoms with Gasteiger partial charge in [0, 0.05) is 24.8 Å². The van der Waals surface area contributed by atoms with Gasteiger partial charge in [-0.2, -0.15) is 5.26 Å². The molecule has 3 rings (SSSR count). The number of piperidine rings is 1. The zero-order valence-corrected chi connectivity index (χ0v) is 14.0. The van der Waals surface area contributed by atoms with E-state index in [0.717, 1.165) is 36.7 Å². The lowest BCUT2D eigenvalue weighted by Crippen LogP contribution is -2.49. The molecule has 1 amide bonds. The van der Waals surface area contributed by atoms with Gasteiger partial charge in [-0.25, -0.2) is 9.36 Å². The molecule has 24 heavy (non-hydrogen) atoms. The molecule has 0 unspecified atom stereocenters. The van der Waals surface area contributed by atoms with Crippen molar-refractivity contribution in [3.05, 3.63) is 32.1 Å². The topological polar surface area (TPSA) is 88.1 Å². The predicted octanol–water partition coefficient (Wildman–Crippen LogP) is 0.619. The largest absolute Gasteiger partial charge is 0.338 e. The van der Waals surface area contributed by atoms with E-state index in [1.807, 2.05) is 13.0 Å². The molecule has 128 valence electrons. The van der Waals surface area contributed by atoms with Crippen molar-refractivity contribution in [2.45, 2.75) is 64.6 Å². The van der Waals surface area contributed by atoms with Crippen molar-refractivity contribution in [2.75, 3.05) is 6.54 Å². The summed E-state index contributed by atoms with van der Waals surface area (Å²) >= 11 is 0. The van der Waals surface area contributed by atoms with Crippen LogP contribution in [0.5, 0.6) is 0 Å². The monoisotopic (exact) mass is 330 g/mol. The third-order valence-corrected chi connectivity index (χ3v) is 5.15. The fraction of sp³-hybridized carbons (Fsp3) is 0.647. The lowest BCUT2D eigenvalue weighted by molar-refractivity contribution is -0.135. The maximum absolute atomic E-state index is 12.7. The Morgan fingerprint density at radius 3 is 2.75 bits per heavy atom. The van der Waals surface area contributed by atoms with Gasteiger partial charge in [0.15, 0.2) is 0 Å². The third kappa shape index (κ3) is 2.66. The first-order valence-corrected chi connectivity index (χ1v) is 8.64. The van der Waals surface area contributed by atoms with Crippen molar-refractivity contribution in [1.82, 2.24) is 14.0 Å². The van der Waals surface area contributed by atoms with Crippen LogP contribution in [0, 0.1) is 11.3 Å². The summed E-state index contributed by atoms with van der Waals surface area (Å²) in [6, 6.07) is 2.09. The van der Waals surface area contributed by atoms with E-state index in [-0.39, 0.29) is 24.1 Å². The molecule has 0 bridgehead atoms. The third-order valence-electron chi connectivity index (χ3n) is 5.15. The Morgan fingerprint density at radius 2 is 2.04 bits per heavy atom. The molecular weight excluding hydrogens is 308 g/mol. The van der Waals surface area contributed by atoms with Gasteiger partial charge in [0.1, 0.15) is 18.2 Å². The summed E-state index contributed by atoms with van der Waals surface area (Å²) in [4.78, 5) is 39.5. The minimum atomic E-state index is -0.631. The summed E-state index contributed by atoms with van der Waals surface area (Å²) in [5.41, 5.74) is -0.579. The van der Waals surface area contributed by atoms with Crippen LogP contribution in [0.2, 0.25) is 0 Å². The molecule has 3 heterocycles. The van der Waals surface area contributed by atoms with Crippen molar-refractivity contribution >= 4 is 5.91 Å². The van der Waals surface area contributed by atoms with E-state index in [2.05, 4.69) is 0 Å². The van der Waals surface area contributed by atoms with E-state index in [1.54, 1.807) is 4.90 Å². The normalized spacial score (nSPS) is 19.8. The zero-order valence-electron chi connectivity index (χ0n) is 14.0. The van der Waals surface area contributed by atoms with Gasteiger partial charge in [0.25, 0.3) is 5.56 Å². The van der Waals surface area contributed by atoms with E-state index in [1.165, 1.54) is 4.57 Å². The van der Waals surface area contributed by atoms with Crippen molar-refractivity contribution in [3.8, 4) is 6.07 Å². The summed E-state index contributed by atoms with van der Waals surface area (Å²) in [6.07, 6.45) is 5.18. The van der Waals surface area contributed by atoms with Crippen LogP contribution in [0.25, 0.3) is 0 Å². The van der Waals surface area contributed by atoms with Crippen LogP contribution in [0.4, 0.5) is 0 Å². The highest BCUT2D eigenvalue weighted by atomic mass is 16.2. The van der Waals surface area contributed by atoms with Crippen molar-refractivity contribution in [2.24, 2.45) is 0 Å². The maximum Gasteiger partial charge on any atom is 0.331 e. The number of hydrogen-bond donors (Lipinski definition) is 0. The molecular formula is C17H22N4O3. The minimum Gasteiger partial charge on any atom is -0.338 e. The molecule has 7 nitrogen and oxygen atoms in total. The maximum atomic E-state index is 12.7. The van der Waals surface area contributed by atoms with Crippen LogP contribution in [0.15, 0.2) is 9.59 Å². The minimum absolute atomic E-state index is 0.00517. The molecule has 1 saturated heterocycles. The average molecular weight is 330 g/mol. The van der Waals surface area contributed by atoms with Crippen LogP contribution in [0.1, 0.15) is 50.3 Å². The smallest absolute Gasteiger partial charge is 0.331 e. The fourth-order valence-corrected chi connectivity index (χ4v) is 3.87. The molecule has 0 aliphatic carbocycles. The quantitative estimate of drug-likeness (QED) is 0.813. The molecule has 0 radical (unpaired) electrons. The number of nitriles is 1. The van der Waals surface area contributed by atoms with Crippen LogP contribution < -0.4 is 11.2 Å². The van der Waals surface area contributed by atoms with Crippen LogP contribution >= 0.6 is 0 Å². The number of aromatic nitrogens is 2. The molecule has 2 aliphatic heterocycles. The van der Waals surface area contributed by atoms with Gasteiger partial charge in [0.2, 0.25) is 5.91 Å². The highest BCUT2D eigenvalue weighted by molar-refractivity contribution is 5.76. The Hall–Kier alpha value is -2.36. The Balaban J connectivity index is 1.96. The second-order valence-corrected chi connectivity index (χ2v) is 6.51. The van der Waals surface area contributed by atoms with Crippen LogP contribution in [-0.4, -0.2) is 32.5 Å². The Morgan fingerprint density at radius 1 is 1.25 bits per heavy atom. The van der Waals surface area contributed by atoms with E-state index < -0.39 is 11.2 Å². The van der Waals surface area contributed by atoms with E-state index in [0.29, 0.717) is 25.2 Å². The number of likely N-dealkylation sites (tertiary alicyclic amines) is 1. The summed E-state index contributed by atoms with van der Waals surface area (Å²) < 4.78 is 2.41. The fourth-order valence-electron chi connectivity index (χ4n) is 3.87. The zero-order chi connectivity index (χ0) is 17.3. The van der Waals surface area contributed by atoms with E-state index in [9.17, 15) is 19.6 Å². The number of carbonyl (C=O) groups excluding carboxylic acids is 1. The SMILES string of the molecule is CC[C@H]1CCCCN1C(=O)Cn1c(=O)c(C#N)c2n(c1=O)CCC2. The van der Waals surface area contributed by atoms with Gasteiger partial charge in [-0.3, -0.25) is 14.2 Å². The first kappa shape index (κ1) is 16.5. The van der Waals surface area contributed by atoms with E-state index >= 15 is 0 Å². The summed E-state index contributed by atoms with van der Waals surface area (Å²) in [6.45, 7) is 2.94. The Labute approximate surface area is 140 Å². The summed E-state index contributed by atoms with van der Waals surface area (Å²) in [7, 11) is 0. The van der Waals surface area contributed by atoms with Crippen molar-refractivity contribution in [1.29, 1.82) is 5.26 Å². The average Bonchev–Trinajstić information content (AvgIpc) is 3.08. The van der Waals surface area contributed by atoms with Gasteiger partial charge in [-0.15, -0.1) is 0 Å². The molecule has 0 N–H and O–H groups in total. The second kappa shape index (κ2) is 6.63. The molecule has 2 aliphatic rings. The summed E-state index contributed by atoms with van der Waals surface area (Å²) in [5, 5.41) is 9.29. The predicted molar refractivity (Wildman–Crippen MR) is 87.6 cm³/mol. The molecule has 1 aromatic heterocycles. The molecule has 1 fully saturated rings.